The average molecular weight is 468 g/mol. The van der Waals surface area contributed by atoms with Crippen LogP contribution in [0.4, 0.5) is 5.69 Å². The molecule has 3 aromatic rings. The Morgan fingerprint density at radius 1 is 1.00 bits per heavy atom. The van der Waals surface area contributed by atoms with Gasteiger partial charge in [0.25, 0.3) is 5.91 Å². The van der Waals surface area contributed by atoms with Crippen molar-refractivity contribution in [1.29, 1.82) is 0 Å². The molecule has 0 atom stereocenters. The molecule has 4 nitrogen and oxygen atoms in total. The SMILES string of the molecule is COc1ccccc1/C=C1/N=C(c2ccc(Cl)cc2)N(c2ccc(Br)cc2)C1=O. The predicted octanol–water partition coefficient (Wildman–Crippen LogP) is 5.95. The van der Waals surface area contributed by atoms with Crippen LogP contribution in [0.5, 0.6) is 5.75 Å². The number of para-hydroxylation sites is 1. The van der Waals surface area contributed by atoms with E-state index in [4.69, 9.17) is 16.3 Å². The summed E-state index contributed by atoms with van der Waals surface area (Å²) in [6, 6.07) is 22.3. The molecule has 1 aliphatic heterocycles. The molecule has 29 heavy (non-hydrogen) atoms. The molecular weight excluding hydrogens is 452 g/mol. The second-order valence-electron chi connectivity index (χ2n) is 6.33. The van der Waals surface area contributed by atoms with Gasteiger partial charge >= 0.3 is 0 Å². The Morgan fingerprint density at radius 3 is 2.38 bits per heavy atom. The number of aliphatic imine (C=N–C) groups is 1. The molecule has 144 valence electrons. The van der Waals surface area contributed by atoms with E-state index < -0.39 is 0 Å². The zero-order valence-electron chi connectivity index (χ0n) is 15.5. The van der Waals surface area contributed by atoms with Crippen molar-refractivity contribution in [2.75, 3.05) is 12.0 Å². The van der Waals surface area contributed by atoms with Crippen molar-refractivity contribution in [3.63, 3.8) is 0 Å². The maximum atomic E-state index is 13.3. The van der Waals surface area contributed by atoms with Crippen molar-refractivity contribution in [3.8, 4) is 5.75 Å². The Labute approximate surface area is 182 Å². The third-order valence-corrected chi connectivity index (χ3v) is 5.26. The Morgan fingerprint density at radius 2 is 1.69 bits per heavy atom. The van der Waals surface area contributed by atoms with Crippen molar-refractivity contribution in [3.05, 3.63) is 99.1 Å². The Bertz CT molecular complexity index is 1120. The molecule has 1 amide bonds. The van der Waals surface area contributed by atoms with Gasteiger partial charge in [-0.05, 0) is 60.7 Å². The Hall–Kier alpha value is -2.89. The highest BCUT2D eigenvalue weighted by Gasteiger charge is 2.32. The second-order valence-corrected chi connectivity index (χ2v) is 7.68. The molecule has 0 saturated heterocycles. The molecule has 0 spiro atoms. The number of anilines is 1. The lowest BCUT2D eigenvalue weighted by molar-refractivity contribution is -0.113. The molecule has 0 saturated carbocycles. The van der Waals surface area contributed by atoms with Crippen LogP contribution in [0.15, 0.2) is 88.0 Å². The van der Waals surface area contributed by atoms with Crippen LogP contribution in [0, 0.1) is 0 Å². The van der Waals surface area contributed by atoms with Gasteiger partial charge in [-0.25, -0.2) is 4.99 Å². The largest absolute Gasteiger partial charge is 0.496 e. The lowest BCUT2D eigenvalue weighted by Gasteiger charge is -2.18. The number of amidine groups is 1. The number of amides is 1. The van der Waals surface area contributed by atoms with E-state index >= 15 is 0 Å². The quantitative estimate of drug-likeness (QED) is 0.445. The molecule has 3 aromatic carbocycles. The Kier molecular flexibility index (Phi) is 5.51. The van der Waals surface area contributed by atoms with Crippen LogP contribution in [-0.4, -0.2) is 18.9 Å². The van der Waals surface area contributed by atoms with Gasteiger partial charge in [-0.3, -0.25) is 9.69 Å². The normalized spacial score (nSPS) is 15.0. The van der Waals surface area contributed by atoms with Crippen LogP contribution in [0.3, 0.4) is 0 Å². The highest BCUT2D eigenvalue weighted by atomic mass is 79.9. The summed E-state index contributed by atoms with van der Waals surface area (Å²) in [7, 11) is 1.60. The van der Waals surface area contributed by atoms with Gasteiger partial charge in [0.2, 0.25) is 0 Å². The van der Waals surface area contributed by atoms with Gasteiger partial charge < -0.3 is 4.74 Å². The lowest BCUT2D eigenvalue weighted by atomic mass is 10.1. The van der Waals surface area contributed by atoms with Crippen molar-refractivity contribution in [2.45, 2.75) is 0 Å². The smallest absolute Gasteiger partial charge is 0.282 e. The standard InChI is InChI=1S/C23H16BrClN2O2/c1-29-21-5-3-2-4-16(21)14-20-23(28)27(19-12-8-17(24)9-13-19)22(26-20)15-6-10-18(25)11-7-15/h2-14H,1H3/b20-14+. The monoisotopic (exact) mass is 466 g/mol. The molecule has 0 N–H and O–H groups in total. The van der Waals surface area contributed by atoms with Crippen LogP contribution >= 0.6 is 27.5 Å². The minimum Gasteiger partial charge on any atom is -0.496 e. The lowest BCUT2D eigenvalue weighted by Crippen LogP contribution is -2.32. The van der Waals surface area contributed by atoms with Crippen molar-refractivity contribution < 1.29 is 9.53 Å². The number of benzene rings is 3. The molecule has 4 rings (SSSR count). The minimum absolute atomic E-state index is 0.205. The summed E-state index contributed by atoms with van der Waals surface area (Å²) in [4.78, 5) is 19.6. The molecule has 1 heterocycles. The van der Waals surface area contributed by atoms with Gasteiger partial charge in [0, 0.05) is 20.6 Å². The Balaban J connectivity index is 1.83. The third-order valence-electron chi connectivity index (χ3n) is 4.48. The van der Waals surface area contributed by atoms with Crippen LogP contribution in [0.25, 0.3) is 6.08 Å². The summed E-state index contributed by atoms with van der Waals surface area (Å²) in [6.07, 6.45) is 1.75. The van der Waals surface area contributed by atoms with E-state index in [0.29, 0.717) is 22.3 Å². The minimum atomic E-state index is -0.205. The first-order valence-electron chi connectivity index (χ1n) is 8.86. The molecule has 1 aliphatic rings. The molecule has 0 radical (unpaired) electrons. The summed E-state index contributed by atoms with van der Waals surface area (Å²) in [5.41, 5.74) is 2.65. The van der Waals surface area contributed by atoms with Crippen LogP contribution in [0.2, 0.25) is 5.02 Å². The summed E-state index contributed by atoms with van der Waals surface area (Å²) in [6.45, 7) is 0. The second kappa shape index (κ2) is 8.23. The zero-order chi connectivity index (χ0) is 20.4. The van der Waals surface area contributed by atoms with Gasteiger partial charge in [0.1, 0.15) is 17.3 Å². The van der Waals surface area contributed by atoms with Gasteiger partial charge in [-0.2, -0.15) is 0 Å². The topological polar surface area (TPSA) is 41.9 Å². The summed E-state index contributed by atoms with van der Waals surface area (Å²) in [5, 5.41) is 0.624. The fourth-order valence-electron chi connectivity index (χ4n) is 3.07. The van der Waals surface area contributed by atoms with Gasteiger partial charge in [0.05, 0.1) is 12.8 Å². The summed E-state index contributed by atoms with van der Waals surface area (Å²) >= 11 is 9.47. The van der Waals surface area contributed by atoms with E-state index in [2.05, 4.69) is 20.9 Å². The maximum absolute atomic E-state index is 13.3. The summed E-state index contributed by atoms with van der Waals surface area (Å²) in [5.74, 6) is 1.02. The average Bonchev–Trinajstić information content (AvgIpc) is 3.06. The first-order valence-corrected chi connectivity index (χ1v) is 10.0. The van der Waals surface area contributed by atoms with Crippen molar-refractivity contribution in [2.24, 2.45) is 4.99 Å². The van der Waals surface area contributed by atoms with Gasteiger partial charge in [0.15, 0.2) is 0 Å². The van der Waals surface area contributed by atoms with E-state index in [1.54, 1.807) is 30.2 Å². The number of halogens is 2. The van der Waals surface area contributed by atoms with Crippen molar-refractivity contribution in [1.82, 2.24) is 0 Å². The third kappa shape index (κ3) is 3.97. The number of nitrogens with zero attached hydrogens (tertiary/aromatic N) is 2. The highest BCUT2D eigenvalue weighted by Crippen LogP contribution is 2.30. The van der Waals surface area contributed by atoms with E-state index in [1.165, 1.54) is 0 Å². The molecule has 0 fully saturated rings. The number of hydrogen-bond acceptors (Lipinski definition) is 3. The molecular formula is C23H16BrClN2O2. The van der Waals surface area contributed by atoms with Gasteiger partial charge in [-0.1, -0.05) is 45.7 Å². The van der Waals surface area contributed by atoms with Crippen LogP contribution in [0.1, 0.15) is 11.1 Å². The van der Waals surface area contributed by atoms with E-state index in [9.17, 15) is 4.79 Å². The van der Waals surface area contributed by atoms with Crippen LogP contribution < -0.4 is 9.64 Å². The van der Waals surface area contributed by atoms with E-state index in [0.717, 1.165) is 21.3 Å². The molecule has 0 bridgehead atoms. The first kappa shape index (κ1) is 19.4. The molecule has 0 aliphatic carbocycles. The molecule has 0 unspecified atom stereocenters. The number of methoxy groups -OCH3 is 1. The van der Waals surface area contributed by atoms with E-state index in [1.807, 2.05) is 60.7 Å². The molecule has 0 aromatic heterocycles. The fourth-order valence-corrected chi connectivity index (χ4v) is 3.46. The number of ether oxygens (including phenoxy) is 1. The van der Waals surface area contributed by atoms with Gasteiger partial charge in [-0.15, -0.1) is 0 Å². The molecule has 6 heteroatoms. The number of rotatable bonds is 4. The number of carbonyl (C=O) groups excluding carboxylic acids is 1. The van der Waals surface area contributed by atoms with Crippen molar-refractivity contribution >= 4 is 51.0 Å². The number of carbonyl (C=O) groups is 1. The summed E-state index contributed by atoms with van der Waals surface area (Å²) < 4.78 is 6.34. The fraction of sp³-hybridized carbons (Fsp3) is 0.0435. The first-order chi connectivity index (χ1) is 14.1. The van der Waals surface area contributed by atoms with Crippen LogP contribution in [-0.2, 0) is 4.79 Å². The predicted molar refractivity (Wildman–Crippen MR) is 121 cm³/mol. The van der Waals surface area contributed by atoms with E-state index in [-0.39, 0.29) is 5.91 Å². The highest BCUT2D eigenvalue weighted by molar-refractivity contribution is 9.10. The zero-order valence-corrected chi connectivity index (χ0v) is 17.8. The number of hydrogen-bond donors (Lipinski definition) is 0. The maximum Gasteiger partial charge on any atom is 0.282 e.